The zero-order valence-corrected chi connectivity index (χ0v) is 19.3. The molecule has 2 aliphatic heterocycles. The summed E-state index contributed by atoms with van der Waals surface area (Å²) in [5, 5.41) is 6.31. The third-order valence-corrected chi connectivity index (χ3v) is 6.30. The maximum Gasteiger partial charge on any atom is 0.256 e. The number of ether oxygens (including phenoxy) is 2. The highest BCUT2D eigenvalue weighted by atomic mass is 16.7. The molecule has 4 aromatic rings. The molecule has 0 bridgehead atoms. The Hall–Kier alpha value is -4.72. The SMILES string of the molecule is O=C(NCc1ccco1)c1ccc(NC2c3ccccc3C(=O)N2Cc2ccc3c(c2)OCO3)cc1. The largest absolute Gasteiger partial charge is 0.467 e. The van der Waals surface area contributed by atoms with Gasteiger partial charge in [0.05, 0.1) is 12.8 Å². The zero-order chi connectivity index (χ0) is 24.5. The van der Waals surface area contributed by atoms with Crippen LogP contribution in [-0.4, -0.2) is 23.5 Å². The summed E-state index contributed by atoms with van der Waals surface area (Å²) in [5.41, 5.74) is 3.85. The lowest BCUT2D eigenvalue weighted by molar-refractivity contribution is 0.0728. The number of hydrogen-bond donors (Lipinski definition) is 2. The molecule has 3 aromatic carbocycles. The summed E-state index contributed by atoms with van der Waals surface area (Å²) >= 11 is 0. The van der Waals surface area contributed by atoms with Gasteiger partial charge in [-0.2, -0.15) is 0 Å². The van der Waals surface area contributed by atoms with Crippen LogP contribution in [0.25, 0.3) is 0 Å². The molecule has 6 rings (SSSR count). The number of furan rings is 1. The van der Waals surface area contributed by atoms with Crippen molar-refractivity contribution in [2.24, 2.45) is 0 Å². The Kier molecular flexibility index (Phi) is 5.53. The first-order chi connectivity index (χ1) is 17.7. The monoisotopic (exact) mass is 481 g/mol. The van der Waals surface area contributed by atoms with Crippen molar-refractivity contribution in [3.8, 4) is 11.5 Å². The van der Waals surface area contributed by atoms with Gasteiger partial charge in [0.25, 0.3) is 11.8 Å². The number of nitrogens with one attached hydrogen (secondary N) is 2. The maximum atomic E-state index is 13.3. The highest BCUT2D eigenvalue weighted by molar-refractivity contribution is 5.99. The number of carbonyl (C=O) groups excluding carboxylic acids is 2. The van der Waals surface area contributed by atoms with Crippen molar-refractivity contribution in [2.45, 2.75) is 19.3 Å². The predicted octanol–water partition coefficient (Wildman–Crippen LogP) is 4.71. The van der Waals surface area contributed by atoms with Crippen LogP contribution < -0.4 is 20.1 Å². The van der Waals surface area contributed by atoms with Crippen LogP contribution in [0.4, 0.5) is 5.69 Å². The van der Waals surface area contributed by atoms with Gasteiger partial charge in [0.15, 0.2) is 11.5 Å². The lowest BCUT2D eigenvalue weighted by Gasteiger charge is -2.27. The minimum atomic E-state index is -0.363. The average molecular weight is 482 g/mol. The van der Waals surface area contributed by atoms with Crippen molar-refractivity contribution >= 4 is 17.5 Å². The van der Waals surface area contributed by atoms with Crippen LogP contribution in [0.1, 0.15) is 43.8 Å². The number of nitrogens with zero attached hydrogens (tertiary/aromatic N) is 1. The summed E-state index contributed by atoms with van der Waals surface area (Å²) in [6, 6.07) is 24.1. The molecule has 0 fully saturated rings. The fourth-order valence-electron chi connectivity index (χ4n) is 4.48. The molecule has 2 aliphatic rings. The fraction of sp³-hybridized carbons (Fsp3) is 0.143. The third-order valence-electron chi connectivity index (χ3n) is 6.30. The number of amides is 2. The van der Waals surface area contributed by atoms with Crippen LogP contribution in [0.2, 0.25) is 0 Å². The first-order valence-corrected chi connectivity index (χ1v) is 11.6. The fourth-order valence-corrected chi connectivity index (χ4v) is 4.48. The summed E-state index contributed by atoms with van der Waals surface area (Å²) in [6.45, 7) is 0.921. The van der Waals surface area contributed by atoms with E-state index in [1.807, 2.05) is 60.7 Å². The second-order valence-electron chi connectivity index (χ2n) is 8.59. The molecule has 8 nitrogen and oxygen atoms in total. The van der Waals surface area contributed by atoms with Crippen molar-refractivity contribution in [1.29, 1.82) is 0 Å². The number of fused-ring (bicyclic) bond motifs is 2. The summed E-state index contributed by atoms with van der Waals surface area (Å²) in [4.78, 5) is 27.6. The van der Waals surface area contributed by atoms with Gasteiger partial charge in [0.2, 0.25) is 6.79 Å². The van der Waals surface area contributed by atoms with E-state index in [1.165, 1.54) is 0 Å². The van der Waals surface area contributed by atoms with Gasteiger partial charge in [-0.25, -0.2) is 0 Å². The summed E-state index contributed by atoms with van der Waals surface area (Å²) in [5.74, 6) is 1.84. The van der Waals surface area contributed by atoms with Gasteiger partial charge < -0.3 is 29.4 Å². The molecule has 2 N–H and O–H groups in total. The smallest absolute Gasteiger partial charge is 0.256 e. The number of benzene rings is 3. The number of carbonyl (C=O) groups is 2. The predicted molar refractivity (Wildman–Crippen MR) is 132 cm³/mol. The average Bonchev–Trinajstić information content (AvgIpc) is 3.65. The molecule has 3 heterocycles. The number of hydrogen-bond acceptors (Lipinski definition) is 6. The quantitative estimate of drug-likeness (QED) is 0.397. The van der Waals surface area contributed by atoms with Crippen LogP contribution >= 0.6 is 0 Å². The van der Waals surface area contributed by atoms with Crippen molar-refractivity contribution < 1.29 is 23.5 Å². The Bertz CT molecular complexity index is 1420. The molecule has 1 atom stereocenters. The van der Waals surface area contributed by atoms with Gasteiger partial charge in [0.1, 0.15) is 11.9 Å². The topological polar surface area (TPSA) is 93.0 Å². The van der Waals surface area contributed by atoms with E-state index in [9.17, 15) is 9.59 Å². The second-order valence-corrected chi connectivity index (χ2v) is 8.59. The molecule has 0 aliphatic carbocycles. The first-order valence-electron chi connectivity index (χ1n) is 11.6. The van der Waals surface area contributed by atoms with Crippen molar-refractivity contribution in [2.75, 3.05) is 12.1 Å². The Balaban J connectivity index is 1.20. The van der Waals surface area contributed by atoms with Gasteiger partial charge in [0, 0.05) is 28.9 Å². The summed E-state index contributed by atoms with van der Waals surface area (Å²) in [6.07, 6.45) is 1.21. The molecular formula is C28H23N3O5. The molecule has 8 heteroatoms. The first kappa shape index (κ1) is 21.8. The van der Waals surface area contributed by atoms with Gasteiger partial charge in [-0.3, -0.25) is 9.59 Å². The summed E-state index contributed by atoms with van der Waals surface area (Å²) < 4.78 is 16.2. The van der Waals surface area contributed by atoms with Crippen LogP contribution in [0.3, 0.4) is 0 Å². The van der Waals surface area contributed by atoms with Crippen molar-refractivity contribution in [1.82, 2.24) is 10.2 Å². The Labute approximate surface area is 207 Å². The lowest BCUT2D eigenvalue weighted by atomic mass is 10.1. The number of anilines is 1. The Morgan fingerprint density at radius 2 is 1.78 bits per heavy atom. The van der Waals surface area contributed by atoms with Gasteiger partial charge in [-0.05, 0) is 60.2 Å². The molecule has 0 spiro atoms. The van der Waals surface area contributed by atoms with Gasteiger partial charge in [-0.15, -0.1) is 0 Å². The maximum absolute atomic E-state index is 13.3. The zero-order valence-electron chi connectivity index (χ0n) is 19.3. The van der Waals surface area contributed by atoms with E-state index in [4.69, 9.17) is 13.9 Å². The minimum absolute atomic E-state index is 0.0466. The molecular weight excluding hydrogens is 458 g/mol. The normalized spacial score (nSPS) is 15.6. The van der Waals surface area contributed by atoms with Crippen LogP contribution in [-0.2, 0) is 13.1 Å². The van der Waals surface area contributed by atoms with E-state index < -0.39 is 0 Å². The van der Waals surface area contributed by atoms with E-state index in [-0.39, 0.29) is 24.8 Å². The van der Waals surface area contributed by atoms with E-state index in [1.54, 1.807) is 29.4 Å². The van der Waals surface area contributed by atoms with Gasteiger partial charge >= 0.3 is 0 Å². The summed E-state index contributed by atoms with van der Waals surface area (Å²) in [7, 11) is 0. The molecule has 180 valence electrons. The second kappa shape index (κ2) is 9.14. The Morgan fingerprint density at radius 3 is 2.61 bits per heavy atom. The standard InChI is InChI=1S/C28H23N3O5/c32-27(29-15-21-4-3-13-34-21)19-8-10-20(11-9-19)30-26-22-5-1-2-6-23(22)28(33)31(26)16-18-7-12-24-25(14-18)36-17-35-24/h1-14,26,30H,15-17H2,(H,29,32). The van der Waals surface area contributed by atoms with Gasteiger partial charge in [-0.1, -0.05) is 24.3 Å². The molecule has 0 saturated heterocycles. The van der Waals surface area contributed by atoms with E-state index in [0.29, 0.717) is 41.5 Å². The Morgan fingerprint density at radius 1 is 0.944 bits per heavy atom. The van der Waals surface area contributed by atoms with Crippen LogP contribution in [0.5, 0.6) is 11.5 Å². The molecule has 0 saturated carbocycles. The van der Waals surface area contributed by atoms with Crippen LogP contribution in [0.15, 0.2) is 89.5 Å². The molecule has 2 amide bonds. The highest BCUT2D eigenvalue weighted by Gasteiger charge is 2.36. The lowest BCUT2D eigenvalue weighted by Crippen LogP contribution is -2.31. The van der Waals surface area contributed by atoms with E-state index in [2.05, 4.69) is 10.6 Å². The molecule has 0 radical (unpaired) electrons. The molecule has 36 heavy (non-hydrogen) atoms. The van der Waals surface area contributed by atoms with Crippen molar-refractivity contribution in [3.63, 3.8) is 0 Å². The minimum Gasteiger partial charge on any atom is -0.467 e. The van der Waals surface area contributed by atoms with E-state index in [0.717, 1.165) is 16.8 Å². The number of rotatable bonds is 7. The molecule has 1 unspecified atom stereocenters. The van der Waals surface area contributed by atoms with E-state index >= 15 is 0 Å². The van der Waals surface area contributed by atoms with Crippen molar-refractivity contribution in [3.05, 3.63) is 113 Å². The highest BCUT2D eigenvalue weighted by Crippen LogP contribution is 2.37. The third kappa shape index (κ3) is 4.13. The van der Waals surface area contributed by atoms with Crippen LogP contribution in [0, 0.1) is 0 Å². The molecule has 1 aromatic heterocycles.